The van der Waals surface area contributed by atoms with Gasteiger partial charge in [0.15, 0.2) is 0 Å². The number of hydrogen-bond donors (Lipinski definition) is 16. The van der Waals surface area contributed by atoms with Crippen LogP contribution in [0.1, 0.15) is 0 Å². The van der Waals surface area contributed by atoms with E-state index in [0.29, 0.717) is 0 Å². The first-order chi connectivity index (χ1) is 28.5. The number of benzene rings is 2. The van der Waals surface area contributed by atoms with Gasteiger partial charge in [-0.05, 0) is 36.4 Å². The van der Waals surface area contributed by atoms with Crippen LogP contribution in [0.25, 0.3) is 0 Å². The van der Waals surface area contributed by atoms with Gasteiger partial charge in [0, 0.05) is 6.07 Å². The SMILES string of the molecule is OCC1O[C@@H](Oc2ccc(O[C@@H]3OC(CO)[C@@H](O)[C@H](O)C3O)cc2)C(O)C(O)[C@@H]1O.OCC1O[C@@H](Oc2cccc(O[C@@H]3OC(CO)[C@@H](O)[C@H](O)C3O)c2)C(O)C(O)[C@@H]1O. The van der Waals surface area contributed by atoms with Crippen molar-refractivity contribution >= 4 is 0 Å². The first kappa shape index (κ1) is 47.9. The maximum atomic E-state index is 10.1. The summed E-state index contributed by atoms with van der Waals surface area (Å²) < 4.78 is 42.9. The van der Waals surface area contributed by atoms with Gasteiger partial charge in [0.25, 0.3) is 0 Å². The zero-order valence-corrected chi connectivity index (χ0v) is 31.4. The van der Waals surface area contributed by atoms with Crippen molar-refractivity contribution in [2.24, 2.45) is 0 Å². The van der Waals surface area contributed by atoms with Gasteiger partial charge in [0.1, 0.15) is 121 Å². The first-order valence-electron chi connectivity index (χ1n) is 18.6. The van der Waals surface area contributed by atoms with Gasteiger partial charge in [-0.25, -0.2) is 0 Å². The third kappa shape index (κ3) is 10.9. The molecule has 16 N–H and O–H groups in total. The predicted octanol–water partition coefficient (Wildman–Crippen LogP) is -7.91. The molecule has 0 bridgehead atoms. The molecule has 6 rings (SSSR count). The lowest BCUT2D eigenvalue weighted by molar-refractivity contribution is -0.278. The summed E-state index contributed by atoms with van der Waals surface area (Å²) in [6.45, 7) is -2.39. The van der Waals surface area contributed by atoms with Gasteiger partial charge < -0.3 is 120 Å². The Morgan fingerprint density at radius 2 is 0.550 bits per heavy atom. The maximum Gasteiger partial charge on any atom is 0.229 e. The second-order valence-corrected chi connectivity index (χ2v) is 14.2. The number of aliphatic hydroxyl groups excluding tert-OH is 16. The highest BCUT2D eigenvalue weighted by molar-refractivity contribution is 5.34. The summed E-state index contributed by atoms with van der Waals surface area (Å²) in [5, 5.41) is 155. The topological polar surface area (TPSA) is 398 Å². The number of ether oxygens (including phenoxy) is 8. The number of hydrogen-bond acceptors (Lipinski definition) is 24. The second kappa shape index (κ2) is 21.3. The Labute approximate surface area is 340 Å². The molecule has 10 unspecified atom stereocenters. The van der Waals surface area contributed by atoms with E-state index in [9.17, 15) is 81.7 Å². The Morgan fingerprint density at radius 3 is 0.783 bits per heavy atom. The van der Waals surface area contributed by atoms with Crippen molar-refractivity contribution in [1.82, 2.24) is 0 Å². The average molecular weight is 869 g/mol. The van der Waals surface area contributed by atoms with E-state index in [1.54, 1.807) is 0 Å². The van der Waals surface area contributed by atoms with Gasteiger partial charge in [-0.15, -0.1) is 0 Å². The molecule has 4 fully saturated rings. The highest BCUT2D eigenvalue weighted by atomic mass is 16.7. The Kier molecular flexibility index (Phi) is 17.0. The standard InChI is InChI=1S/2C18H26O12/c19-5-9-11(21)13(23)15(25)17(29-9)27-7-1-2-8(4-3-7)28-18-16(26)14(24)12(22)10(6-20)30-18;19-5-9-11(21)13(23)15(25)17(29-9)27-7-2-1-3-8(4-7)28-18-16(26)14(24)12(22)10(6-20)30-18/h2*1-4,9-26H,5-6H2/t2*9?,10?,11-,12-,13+,14?,15?,16?,17-,18-/m11/s1. The smallest absolute Gasteiger partial charge is 0.229 e. The van der Waals surface area contributed by atoms with Crippen LogP contribution in [-0.4, -0.2) is 231 Å². The molecule has 24 nitrogen and oxygen atoms in total. The van der Waals surface area contributed by atoms with Crippen molar-refractivity contribution in [3.63, 3.8) is 0 Å². The average Bonchev–Trinajstić information content (AvgIpc) is 3.25. The van der Waals surface area contributed by atoms with Crippen molar-refractivity contribution in [1.29, 1.82) is 0 Å². The van der Waals surface area contributed by atoms with Crippen LogP contribution in [0.3, 0.4) is 0 Å². The predicted molar refractivity (Wildman–Crippen MR) is 190 cm³/mol. The lowest BCUT2D eigenvalue weighted by Crippen LogP contribution is -2.60. The zero-order chi connectivity index (χ0) is 44.0. The van der Waals surface area contributed by atoms with Crippen LogP contribution in [-0.2, 0) is 18.9 Å². The summed E-state index contributed by atoms with van der Waals surface area (Å²) in [7, 11) is 0. The molecule has 0 aliphatic carbocycles. The van der Waals surface area contributed by atoms with E-state index in [1.165, 1.54) is 48.5 Å². The van der Waals surface area contributed by atoms with Crippen molar-refractivity contribution in [3.8, 4) is 23.0 Å². The summed E-state index contributed by atoms with van der Waals surface area (Å²) in [4.78, 5) is 0. The fourth-order valence-electron chi connectivity index (χ4n) is 6.41. The summed E-state index contributed by atoms with van der Waals surface area (Å²) in [6, 6.07) is 11.5. The highest BCUT2D eigenvalue weighted by Crippen LogP contribution is 2.31. The van der Waals surface area contributed by atoms with Crippen molar-refractivity contribution in [2.45, 2.75) is 123 Å². The molecular formula is C36H52O24. The molecule has 0 radical (unpaired) electrons. The molecule has 20 atom stereocenters. The van der Waals surface area contributed by atoms with Crippen LogP contribution >= 0.6 is 0 Å². The lowest BCUT2D eigenvalue weighted by atomic mass is 9.99. The minimum Gasteiger partial charge on any atom is -0.462 e. The lowest BCUT2D eigenvalue weighted by Gasteiger charge is -2.40. The van der Waals surface area contributed by atoms with E-state index in [4.69, 9.17) is 37.9 Å². The fraction of sp³-hybridized carbons (Fsp3) is 0.667. The number of rotatable bonds is 12. The molecule has 0 amide bonds. The minimum atomic E-state index is -1.60. The van der Waals surface area contributed by atoms with Gasteiger partial charge in [0.2, 0.25) is 25.2 Å². The van der Waals surface area contributed by atoms with E-state index in [2.05, 4.69) is 0 Å². The molecule has 24 heteroatoms. The zero-order valence-electron chi connectivity index (χ0n) is 31.4. The molecule has 2 aromatic carbocycles. The summed E-state index contributed by atoms with van der Waals surface area (Å²) in [5.74, 6) is 0.615. The monoisotopic (exact) mass is 868 g/mol. The van der Waals surface area contributed by atoms with E-state index in [1.807, 2.05) is 0 Å². The van der Waals surface area contributed by atoms with E-state index in [0.717, 1.165) is 0 Å². The van der Waals surface area contributed by atoms with Crippen molar-refractivity contribution in [3.05, 3.63) is 48.5 Å². The Balaban J connectivity index is 0.000000228. The Bertz CT molecular complexity index is 1470. The van der Waals surface area contributed by atoms with E-state index < -0.39 is 149 Å². The molecule has 4 heterocycles. The molecule has 0 saturated carbocycles. The van der Waals surface area contributed by atoms with Crippen LogP contribution in [0.5, 0.6) is 23.0 Å². The highest BCUT2D eigenvalue weighted by Gasteiger charge is 2.48. The maximum absolute atomic E-state index is 10.1. The van der Waals surface area contributed by atoms with Crippen LogP contribution in [0.2, 0.25) is 0 Å². The number of aliphatic hydroxyl groups is 16. The van der Waals surface area contributed by atoms with Crippen molar-refractivity contribution < 1.29 is 120 Å². The van der Waals surface area contributed by atoms with Crippen LogP contribution in [0.15, 0.2) is 48.5 Å². The first-order valence-corrected chi connectivity index (χ1v) is 18.6. The van der Waals surface area contributed by atoms with Gasteiger partial charge in [-0.1, -0.05) is 6.07 Å². The molecule has 0 spiro atoms. The normalized spacial score (nSPS) is 42.0. The van der Waals surface area contributed by atoms with E-state index >= 15 is 0 Å². The Morgan fingerprint density at radius 1 is 0.317 bits per heavy atom. The quantitative estimate of drug-likeness (QED) is 0.0942. The van der Waals surface area contributed by atoms with Gasteiger partial charge in [-0.3, -0.25) is 0 Å². The van der Waals surface area contributed by atoms with Crippen molar-refractivity contribution in [2.75, 3.05) is 26.4 Å². The fourth-order valence-corrected chi connectivity index (χ4v) is 6.41. The van der Waals surface area contributed by atoms with Gasteiger partial charge in [0.05, 0.1) is 26.4 Å². The molecule has 0 aromatic heterocycles. The van der Waals surface area contributed by atoms with Crippen LogP contribution < -0.4 is 18.9 Å². The molecule has 4 aliphatic heterocycles. The Hall–Kier alpha value is -3.16. The minimum absolute atomic E-state index is 0.112. The third-order valence-electron chi connectivity index (χ3n) is 10.0. The van der Waals surface area contributed by atoms with Gasteiger partial charge >= 0.3 is 0 Å². The van der Waals surface area contributed by atoms with Crippen LogP contribution in [0.4, 0.5) is 0 Å². The summed E-state index contributed by atoms with van der Waals surface area (Å²) in [5.41, 5.74) is 0. The molecule has 4 saturated heterocycles. The van der Waals surface area contributed by atoms with E-state index in [-0.39, 0.29) is 23.0 Å². The summed E-state index contributed by atoms with van der Waals surface area (Å²) >= 11 is 0. The molecule has 340 valence electrons. The largest absolute Gasteiger partial charge is 0.462 e. The molecule has 4 aliphatic rings. The third-order valence-corrected chi connectivity index (χ3v) is 10.0. The van der Waals surface area contributed by atoms with Gasteiger partial charge in [-0.2, -0.15) is 0 Å². The molecule has 2 aromatic rings. The molecular weight excluding hydrogens is 816 g/mol. The second-order valence-electron chi connectivity index (χ2n) is 14.2. The molecule has 60 heavy (non-hydrogen) atoms. The van der Waals surface area contributed by atoms with Crippen LogP contribution in [0, 0.1) is 0 Å². The summed E-state index contributed by atoms with van der Waals surface area (Å²) in [6.07, 6.45) is -28.7.